The molecule has 5 heteroatoms. The molecule has 0 saturated carbocycles. The zero-order valence-corrected chi connectivity index (χ0v) is 16.3. The molecule has 1 amide bonds. The van der Waals surface area contributed by atoms with Gasteiger partial charge >= 0.3 is 0 Å². The van der Waals surface area contributed by atoms with Crippen LogP contribution < -0.4 is 10.1 Å². The van der Waals surface area contributed by atoms with E-state index >= 15 is 0 Å². The molecule has 0 aromatic heterocycles. The number of hydrogen-bond acceptors (Lipinski definition) is 4. The number of amides is 1. The molecule has 1 aliphatic rings. The number of nitrogens with zero attached hydrogens (tertiary/aromatic N) is 2. The molecule has 0 aliphatic carbocycles. The van der Waals surface area contributed by atoms with Gasteiger partial charge in [0, 0.05) is 36.8 Å². The van der Waals surface area contributed by atoms with Crippen LogP contribution in [0.3, 0.4) is 0 Å². The fourth-order valence-corrected chi connectivity index (χ4v) is 3.37. The van der Waals surface area contributed by atoms with Crippen LogP contribution in [0.25, 0.3) is 0 Å². The molecule has 140 valence electrons. The van der Waals surface area contributed by atoms with Gasteiger partial charge in [0.25, 0.3) is 5.91 Å². The maximum absolute atomic E-state index is 12.4. The molecular formula is C20H33N3O2. The van der Waals surface area contributed by atoms with Crippen molar-refractivity contribution in [2.75, 3.05) is 40.3 Å². The van der Waals surface area contributed by atoms with Crippen LogP contribution in [0.15, 0.2) is 24.3 Å². The Kier molecular flexibility index (Phi) is 6.85. The number of carbonyl (C=O) groups excluding carboxylic acids is 1. The van der Waals surface area contributed by atoms with Crippen molar-refractivity contribution < 1.29 is 9.53 Å². The minimum absolute atomic E-state index is 0.0284. The average Bonchev–Trinajstić information content (AvgIpc) is 2.61. The van der Waals surface area contributed by atoms with Gasteiger partial charge < -0.3 is 15.0 Å². The molecule has 25 heavy (non-hydrogen) atoms. The fraction of sp³-hybridized carbons (Fsp3) is 0.650. The minimum Gasteiger partial charge on any atom is -0.494 e. The Morgan fingerprint density at radius 3 is 2.36 bits per heavy atom. The molecule has 0 unspecified atom stereocenters. The Morgan fingerprint density at radius 1 is 1.24 bits per heavy atom. The van der Waals surface area contributed by atoms with Crippen LogP contribution in [-0.2, 0) is 0 Å². The number of hydrogen-bond donors (Lipinski definition) is 1. The highest BCUT2D eigenvalue weighted by molar-refractivity contribution is 5.94. The van der Waals surface area contributed by atoms with Crippen molar-refractivity contribution in [2.24, 2.45) is 0 Å². The molecule has 1 saturated heterocycles. The minimum atomic E-state index is -0.0434. The first-order valence-corrected chi connectivity index (χ1v) is 9.26. The van der Waals surface area contributed by atoms with Gasteiger partial charge in [-0.3, -0.25) is 9.69 Å². The van der Waals surface area contributed by atoms with E-state index in [4.69, 9.17) is 4.74 Å². The standard InChI is InChI=1S/C20H33N3O2/c1-6-25-18-9-7-16(8-10-18)19(24)21-15-20(2,3)23-13-11-17(12-14-23)22(4)5/h7-10,17H,6,11-15H2,1-5H3,(H,21,24). The first kappa shape index (κ1) is 19.7. The summed E-state index contributed by atoms with van der Waals surface area (Å²) in [6.07, 6.45) is 2.37. The van der Waals surface area contributed by atoms with E-state index in [1.807, 2.05) is 31.2 Å². The summed E-state index contributed by atoms with van der Waals surface area (Å²) in [5, 5.41) is 3.09. The van der Waals surface area contributed by atoms with Gasteiger partial charge in [0.2, 0.25) is 0 Å². The molecule has 0 bridgehead atoms. The second kappa shape index (κ2) is 8.68. The second-order valence-electron chi connectivity index (χ2n) is 7.63. The van der Waals surface area contributed by atoms with Crippen molar-refractivity contribution >= 4 is 5.91 Å². The summed E-state index contributed by atoms with van der Waals surface area (Å²) in [7, 11) is 4.31. The number of benzene rings is 1. The van der Waals surface area contributed by atoms with Gasteiger partial charge in [-0.15, -0.1) is 0 Å². The first-order valence-electron chi connectivity index (χ1n) is 9.26. The predicted molar refractivity (Wildman–Crippen MR) is 102 cm³/mol. The largest absolute Gasteiger partial charge is 0.494 e. The summed E-state index contributed by atoms with van der Waals surface area (Å²) >= 11 is 0. The number of nitrogens with one attached hydrogen (secondary N) is 1. The Balaban J connectivity index is 1.85. The van der Waals surface area contributed by atoms with Crippen LogP contribution in [0.1, 0.15) is 44.0 Å². The molecule has 1 N–H and O–H groups in total. The SMILES string of the molecule is CCOc1ccc(C(=O)NCC(C)(C)N2CCC(N(C)C)CC2)cc1. The molecule has 1 aromatic carbocycles. The Morgan fingerprint density at radius 2 is 1.84 bits per heavy atom. The van der Waals surface area contributed by atoms with Crippen LogP contribution in [0.2, 0.25) is 0 Å². The second-order valence-corrected chi connectivity index (χ2v) is 7.63. The summed E-state index contributed by atoms with van der Waals surface area (Å²) in [6, 6.07) is 7.99. The van der Waals surface area contributed by atoms with Crippen molar-refractivity contribution in [1.29, 1.82) is 0 Å². The van der Waals surface area contributed by atoms with Gasteiger partial charge in [-0.1, -0.05) is 0 Å². The predicted octanol–water partition coefficient (Wildman–Crippen LogP) is 2.62. The number of likely N-dealkylation sites (tertiary alicyclic amines) is 1. The molecule has 1 aliphatic heterocycles. The van der Waals surface area contributed by atoms with Gasteiger partial charge in [-0.2, -0.15) is 0 Å². The smallest absolute Gasteiger partial charge is 0.251 e. The fourth-order valence-electron chi connectivity index (χ4n) is 3.37. The molecule has 1 heterocycles. The van der Waals surface area contributed by atoms with Crippen LogP contribution in [0, 0.1) is 0 Å². The zero-order valence-electron chi connectivity index (χ0n) is 16.3. The van der Waals surface area contributed by atoms with Gasteiger partial charge in [0.05, 0.1) is 6.61 Å². The maximum atomic E-state index is 12.4. The third kappa shape index (κ3) is 5.44. The van der Waals surface area contributed by atoms with Crippen LogP contribution >= 0.6 is 0 Å². The first-order chi connectivity index (χ1) is 11.8. The molecule has 5 nitrogen and oxygen atoms in total. The summed E-state index contributed by atoms with van der Waals surface area (Å²) in [4.78, 5) is 17.2. The number of rotatable bonds is 7. The summed E-state index contributed by atoms with van der Waals surface area (Å²) in [6.45, 7) is 9.80. The molecular weight excluding hydrogens is 314 g/mol. The van der Waals surface area contributed by atoms with E-state index in [0.29, 0.717) is 24.8 Å². The van der Waals surface area contributed by atoms with Crippen LogP contribution in [0.4, 0.5) is 0 Å². The van der Waals surface area contributed by atoms with Gasteiger partial charge in [-0.05, 0) is 72.0 Å². The van der Waals surface area contributed by atoms with Crippen molar-refractivity contribution in [2.45, 2.75) is 45.2 Å². The lowest BCUT2D eigenvalue weighted by Gasteiger charge is -2.44. The highest BCUT2D eigenvalue weighted by atomic mass is 16.5. The third-order valence-corrected chi connectivity index (χ3v) is 5.16. The van der Waals surface area contributed by atoms with E-state index in [-0.39, 0.29) is 11.4 Å². The average molecular weight is 348 g/mol. The van der Waals surface area contributed by atoms with E-state index < -0.39 is 0 Å². The summed E-state index contributed by atoms with van der Waals surface area (Å²) in [5.41, 5.74) is 0.628. The van der Waals surface area contributed by atoms with Crippen molar-refractivity contribution in [3.05, 3.63) is 29.8 Å². The Bertz CT molecular complexity index is 547. The Labute approximate surface area is 152 Å². The normalized spacial score (nSPS) is 16.9. The molecule has 1 aromatic rings. The van der Waals surface area contributed by atoms with Gasteiger partial charge in [0.15, 0.2) is 0 Å². The lowest BCUT2D eigenvalue weighted by Crippen LogP contribution is -2.55. The van der Waals surface area contributed by atoms with Gasteiger partial charge in [0.1, 0.15) is 5.75 Å². The number of carbonyl (C=O) groups is 1. The molecule has 2 rings (SSSR count). The number of piperidine rings is 1. The lowest BCUT2D eigenvalue weighted by atomic mass is 9.95. The highest BCUT2D eigenvalue weighted by Gasteiger charge is 2.31. The zero-order chi connectivity index (χ0) is 18.4. The summed E-state index contributed by atoms with van der Waals surface area (Å²) < 4.78 is 5.42. The quantitative estimate of drug-likeness (QED) is 0.823. The van der Waals surface area contributed by atoms with E-state index in [1.165, 1.54) is 12.8 Å². The van der Waals surface area contributed by atoms with E-state index in [2.05, 4.69) is 43.1 Å². The molecule has 0 atom stereocenters. The molecule has 0 spiro atoms. The van der Waals surface area contributed by atoms with E-state index in [1.54, 1.807) is 0 Å². The van der Waals surface area contributed by atoms with Crippen molar-refractivity contribution in [1.82, 2.24) is 15.1 Å². The van der Waals surface area contributed by atoms with E-state index in [0.717, 1.165) is 18.8 Å². The number of ether oxygens (including phenoxy) is 1. The van der Waals surface area contributed by atoms with Crippen LogP contribution in [-0.4, -0.2) is 67.6 Å². The van der Waals surface area contributed by atoms with Crippen molar-refractivity contribution in [3.8, 4) is 5.75 Å². The Hall–Kier alpha value is -1.59. The van der Waals surface area contributed by atoms with Crippen molar-refractivity contribution in [3.63, 3.8) is 0 Å². The lowest BCUT2D eigenvalue weighted by molar-refractivity contribution is 0.0587. The van der Waals surface area contributed by atoms with Crippen LogP contribution in [0.5, 0.6) is 5.75 Å². The molecule has 1 fully saturated rings. The highest BCUT2D eigenvalue weighted by Crippen LogP contribution is 2.22. The summed E-state index contributed by atoms with van der Waals surface area (Å²) in [5.74, 6) is 0.766. The van der Waals surface area contributed by atoms with Gasteiger partial charge in [-0.25, -0.2) is 0 Å². The van der Waals surface area contributed by atoms with E-state index in [9.17, 15) is 4.79 Å². The maximum Gasteiger partial charge on any atom is 0.251 e. The molecule has 0 radical (unpaired) electrons. The monoisotopic (exact) mass is 347 g/mol. The third-order valence-electron chi connectivity index (χ3n) is 5.16. The topological polar surface area (TPSA) is 44.8 Å².